The third kappa shape index (κ3) is 2.20. The van der Waals surface area contributed by atoms with Gasteiger partial charge in [-0.1, -0.05) is 31.9 Å². The molecule has 104 valence electrons. The van der Waals surface area contributed by atoms with Crippen molar-refractivity contribution in [2.75, 3.05) is 13.1 Å². The summed E-state index contributed by atoms with van der Waals surface area (Å²) in [5.41, 5.74) is 1.63. The van der Waals surface area contributed by atoms with Crippen LogP contribution in [0.1, 0.15) is 50.5 Å². The van der Waals surface area contributed by atoms with E-state index in [2.05, 4.69) is 18.3 Å². The van der Waals surface area contributed by atoms with Crippen LogP contribution in [0.15, 0.2) is 24.3 Å². The second-order valence-electron chi connectivity index (χ2n) is 6.29. The fourth-order valence-corrected chi connectivity index (χ4v) is 4.69. The van der Waals surface area contributed by atoms with Gasteiger partial charge in [-0.05, 0) is 54.8 Å². The lowest BCUT2D eigenvalue weighted by Gasteiger charge is -2.46. The van der Waals surface area contributed by atoms with Crippen molar-refractivity contribution in [3.8, 4) is 0 Å². The van der Waals surface area contributed by atoms with Gasteiger partial charge in [-0.15, -0.1) is 0 Å². The second kappa shape index (κ2) is 5.24. The van der Waals surface area contributed by atoms with E-state index in [9.17, 15) is 4.39 Å². The second-order valence-corrected chi connectivity index (χ2v) is 6.29. The van der Waals surface area contributed by atoms with Crippen molar-refractivity contribution in [1.29, 1.82) is 0 Å². The topological polar surface area (TPSA) is 12.0 Å². The molecule has 1 spiro atoms. The van der Waals surface area contributed by atoms with E-state index in [1.54, 1.807) is 12.1 Å². The fourth-order valence-electron chi connectivity index (χ4n) is 4.69. The minimum atomic E-state index is -0.0933. The van der Waals surface area contributed by atoms with Crippen LogP contribution in [0.25, 0.3) is 0 Å². The van der Waals surface area contributed by atoms with Gasteiger partial charge in [0.2, 0.25) is 0 Å². The Morgan fingerprint density at radius 2 is 2.26 bits per heavy atom. The Morgan fingerprint density at radius 3 is 3.05 bits per heavy atom. The Kier molecular flexibility index (Phi) is 3.62. The highest BCUT2D eigenvalue weighted by Crippen LogP contribution is 2.56. The molecule has 3 atom stereocenters. The first-order valence-electron chi connectivity index (χ1n) is 7.72. The maximum atomic E-state index is 13.6. The highest BCUT2D eigenvalue weighted by molar-refractivity contribution is 5.26. The number of hydrogen-bond acceptors (Lipinski definition) is 1. The van der Waals surface area contributed by atoms with Crippen LogP contribution in [0.4, 0.5) is 4.39 Å². The number of hydrogen-bond donors (Lipinski definition) is 1. The standard InChI is InChI=1S/C17H24FN/c1-2-14-6-4-8-17(14)9-10-19-12-16(17)13-5-3-7-15(18)11-13/h3,5,7,11,14,16,19H,2,4,6,8-10,12H2,1H3. The Hall–Kier alpha value is -0.890. The van der Waals surface area contributed by atoms with Gasteiger partial charge in [0.25, 0.3) is 0 Å². The van der Waals surface area contributed by atoms with Crippen LogP contribution < -0.4 is 5.32 Å². The van der Waals surface area contributed by atoms with Gasteiger partial charge in [-0.25, -0.2) is 4.39 Å². The molecule has 2 heteroatoms. The maximum Gasteiger partial charge on any atom is 0.123 e. The molecule has 0 bridgehead atoms. The summed E-state index contributed by atoms with van der Waals surface area (Å²) in [4.78, 5) is 0. The van der Waals surface area contributed by atoms with Crippen LogP contribution in [0.5, 0.6) is 0 Å². The molecule has 1 aliphatic carbocycles. The van der Waals surface area contributed by atoms with Gasteiger partial charge in [0, 0.05) is 12.5 Å². The van der Waals surface area contributed by atoms with Crippen molar-refractivity contribution in [2.45, 2.75) is 44.9 Å². The molecule has 1 heterocycles. The van der Waals surface area contributed by atoms with E-state index < -0.39 is 0 Å². The van der Waals surface area contributed by atoms with Crippen molar-refractivity contribution >= 4 is 0 Å². The number of piperidine rings is 1. The normalized spacial score (nSPS) is 34.8. The first kappa shape index (κ1) is 13.1. The number of benzene rings is 1. The van der Waals surface area contributed by atoms with Crippen molar-refractivity contribution in [3.63, 3.8) is 0 Å². The van der Waals surface area contributed by atoms with E-state index in [1.807, 2.05) is 6.07 Å². The number of halogens is 1. The Bertz CT molecular complexity index is 445. The van der Waals surface area contributed by atoms with E-state index in [1.165, 1.54) is 37.7 Å². The molecule has 1 saturated carbocycles. The van der Waals surface area contributed by atoms with Crippen LogP contribution in [-0.2, 0) is 0 Å². The molecule has 0 radical (unpaired) electrons. The molecule has 3 rings (SSSR count). The summed E-state index contributed by atoms with van der Waals surface area (Å²) >= 11 is 0. The lowest BCUT2D eigenvalue weighted by Crippen LogP contribution is -2.45. The molecule has 1 nitrogen and oxygen atoms in total. The van der Waals surface area contributed by atoms with Crippen LogP contribution in [0, 0.1) is 17.2 Å². The predicted octanol–water partition coefficient (Wildman–Crippen LogP) is 4.10. The van der Waals surface area contributed by atoms with Gasteiger partial charge in [-0.3, -0.25) is 0 Å². The zero-order chi connectivity index (χ0) is 13.3. The zero-order valence-electron chi connectivity index (χ0n) is 11.8. The van der Waals surface area contributed by atoms with Crippen molar-refractivity contribution in [2.24, 2.45) is 11.3 Å². The van der Waals surface area contributed by atoms with Crippen LogP contribution in [0.3, 0.4) is 0 Å². The van der Waals surface area contributed by atoms with Gasteiger partial charge >= 0.3 is 0 Å². The Morgan fingerprint density at radius 1 is 1.37 bits per heavy atom. The van der Waals surface area contributed by atoms with Crippen molar-refractivity contribution in [3.05, 3.63) is 35.6 Å². The van der Waals surface area contributed by atoms with Crippen molar-refractivity contribution < 1.29 is 4.39 Å². The Labute approximate surface area is 115 Å². The number of rotatable bonds is 2. The van der Waals surface area contributed by atoms with Crippen LogP contribution in [0.2, 0.25) is 0 Å². The third-order valence-corrected chi connectivity index (χ3v) is 5.56. The average Bonchev–Trinajstić information content (AvgIpc) is 2.82. The quantitative estimate of drug-likeness (QED) is 0.845. The molecule has 1 aromatic carbocycles. The molecule has 1 saturated heterocycles. The summed E-state index contributed by atoms with van der Waals surface area (Å²) in [6, 6.07) is 7.29. The molecular weight excluding hydrogens is 237 g/mol. The first-order valence-corrected chi connectivity index (χ1v) is 7.72. The molecular formula is C17H24FN. The summed E-state index contributed by atoms with van der Waals surface area (Å²) in [7, 11) is 0. The molecule has 0 amide bonds. The summed E-state index contributed by atoms with van der Waals surface area (Å²) in [5, 5.41) is 3.53. The minimum absolute atomic E-state index is 0.0933. The number of nitrogens with one attached hydrogen (secondary N) is 1. The zero-order valence-corrected chi connectivity index (χ0v) is 11.8. The monoisotopic (exact) mass is 261 g/mol. The van der Waals surface area contributed by atoms with Crippen molar-refractivity contribution in [1.82, 2.24) is 5.32 Å². The van der Waals surface area contributed by atoms with Crippen LogP contribution >= 0.6 is 0 Å². The summed E-state index contributed by atoms with van der Waals surface area (Å²) < 4.78 is 13.6. The summed E-state index contributed by atoms with van der Waals surface area (Å²) in [6.45, 7) is 4.46. The molecule has 2 fully saturated rings. The molecule has 1 aliphatic heterocycles. The van der Waals surface area contributed by atoms with Gasteiger partial charge in [-0.2, -0.15) is 0 Å². The van der Waals surface area contributed by atoms with Gasteiger partial charge < -0.3 is 5.32 Å². The molecule has 1 N–H and O–H groups in total. The molecule has 19 heavy (non-hydrogen) atoms. The lowest BCUT2D eigenvalue weighted by atomic mass is 9.61. The van der Waals surface area contributed by atoms with Crippen LogP contribution in [-0.4, -0.2) is 13.1 Å². The van der Waals surface area contributed by atoms with Gasteiger partial charge in [0.15, 0.2) is 0 Å². The highest BCUT2D eigenvalue weighted by Gasteiger charge is 2.48. The predicted molar refractivity (Wildman–Crippen MR) is 76.7 cm³/mol. The van der Waals surface area contributed by atoms with E-state index in [0.717, 1.165) is 19.0 Å². The highest BCUT2D eigenvalue weighted by atomic mass is 19.1. The summed E-state index contributed by atoms with van der Waals surface area (Å²) in [6.07, 6.45) is 6.57. The largest absolute Gasteiger partial charge is 0.316 e. The fraction of sp³-hybridized carbons (Fsp3) is 0.647. The molecule has 3 unspecified atom stereocenters. The average molecular weight is 261 g/mol. The van der Waals surface area contributed by atoms with E-state index >= 15 is 0 Å². The molecule has 1 aromatic rings. The molecule has 2 aliphatic rings. The lowest BCUT2D eigenvalue weighted by molar-refractivity contribution is 0.102. The Balaban J connectivity index is 1.97. The van der Waals surface area contributed by atoms with Gasteiger partial charge in [0.05, 0.1) is 0 Å². The van der Waals surface area contributed by atoms with E-state index in [4.69, 9.17) is 0 Å². The van der Waals surface area contributed by atoms with E-state index in [-0.39, 0.29) is 5.82 Å². The summed E-state index contributed by atoms with van der Waals surface area (Å²) in [5.74, 6) is 1.22. The SMILES string of the molecule is CCC1CCCC12CCNCC2c1cccc(F)c1. The minimum Gasteiger partial charge on any atom is -0.316 e. The van der Waals surface area contributed by atoms with Gasteiger partial charge in [0.1, 0.15) is 5.82 Å². The maximum absolute atomic E-state index is 13.6. The third-order valence-electron chi connectivity index (χ3n) is 5.56. The van der Waals surface area contributed by atoms with E-state index in [0.29, 0.717) is 11.3 Å². The first-order chi connectivity index (χ1) is 9.26. The molecule has 0 aromatic heterocycles. The smallest absolute Gasteiger partial charge is 0.123 e.